The van der Waals surface area contributed by atoms with Gasteiger partial charge in [0.25, 0.3) is 0 Å². The number of nitrogens with one attached hydrogen (secondary N) is 1. The number of hydrogen-bond donors (Lipinski definition) is 1. The molecule has 2 rings (SSSR count). The Morgan fingerprint density at radius 3 is 2.63 bits per heavy atom. The van der Waals surface area contributed by atoms with Gasteiger partial charge < -0.3 is 5.32 Å². The third kappa shape index (κ3) is 3.39. The maximum Gasteiger partial charge on any atom is 0.124 e. The van der Waals surface area contributed by atoms with Crippen molar-refractivity contribution in [3.8, 4) is 0 Å². The van der Waals surface area contributed by atoms with Gasteiger partial charge in [0.2, 0.25) is 0 Å². The van der Waals surface area contributed by atoms with Crippen molar-refractivity contribution >= 4 is 15.9 Å². The predicted molar refractivity (Wildman–Crippen MR) is 78.6 cm³/mol. The molecule has 0 aliphatic heterocycles. The highest BCUT2D eigenvalue weighted by molar-refractivity contribution is 9.10. The standard InChI is InChI=1S/C15H16BrFN2/c1-10(14-5-3-4-6-19-14)15(18-2)11-7-12(16)9-13(17)8-11/h3-10,15,18H,1-2H3. The van der Waals surface area contributed by atoms with E-state index in [1.807, 2.05) is 31.3 Å². The molecule has 2 atom stereocenters. The smallest absolute Gasteiger partial charge is 0.124 e. The van der Waals surface area contributed by atoms with Crippen LogP contribution in [0, 0.1) is 5.82 Å². The van der Waals surface area contributed by atoms with Crippen molar-refractivity contribution in [1.82, 2.24) is 10.3 Å². The number of benzene rings is 1. The molecule has 1 aromatic heterocycles. The molecule has 2 nitrogen and oxygen atoms in total. The number of aromatic nitrogens is 1. The van der Waals surface area contributed by atoms with Crippen molar-refractivity contribution in [1.29, 1.82) is 0 Å². The Hall–Kier alpha value is -1.26. The molecule has 0 saturated carbocycles. The van der Waals surface area contributed by atoms with Crippen LogP contribution in [0.4, 0.5) is 4.39 Å². The fourth-order valence-electron chi connectivity index (χ4n) is 2.28. The zero-order chi connectivity index (χ0) is 13.8. The fraction of sp³-hybridized carbons (Fsp3) is 0.267. The highest BCUT2D eigenvalue weighted by atomic mass is 79.9. The quantitative estimate of drug-likeness (QED) is 0.918. The number of hydrogen-bond acceptors (Lipinski definition) is 2. The van der Waals surface area contributed by atoms with E-state index in [4.69, 9.17) is 0 Å². The molecule has 0 spiro atoms. The Morgan fingerprint density at radius 2 is 2.05 bits per heavy atom. The molecule has 4 heteroatoms. The molecule has 2 aromatic rings. The van der Waals surface area contributed by atoms with Crippen LogP contribution in [0.5, 0.6) is 0 Å². The third-order valence-corrected chi connectivity index (χ3v) is 3.67. The number of halogens is 2. The zero-order valence-corrected chi connectivity index (χ0v) is 12.5. The molecule has 0 fully saturated rings. The van der Waals surface area contributed by atoms with Crippen molar-refractivity contribution in [2.75, 3.05) is 7.05 Å². The Morgan fingerprint density at radius 1 is 1.26 bits per heavy atom. The van der Waals surface area contributed by atoms with E-state index < -0.39 is 0 Å². The molecule has 1 heterocycles. The van der Waals surface area contributed by atoms with Crippen LogP contribution in [-0.4, -0.2) is 12.0 Å². The zero-order valence-electron chi connectivity index (χ0n) is 10.9. The summed E-state index contributed by atoms with van der Waals surface area (Å²) in [5, 5.41) is 3.24. The molecule has 0 amide bonds. The van der Waals surface area contributed by atoms with E-state index in [1.165, 1.54) is 6.07 Å². The maximum atomic E-state index is 13.5. The van der Waals surface area contributed by atoms with Crippen LogP contribution in [0.1, 0.15) is 30.1 Å². The monoisotopic (exact) mass is 322 g/mol. The number of pyridine rings is 1. The Labute approximate surface area is 121 Å². The summed E-state index contributed by atoms with van der Waals surface area (Å²) in [5.41, 5.74) is 1.90. The molecule has 0 radical (unpaired) electrons. The van der Waals surface area contributed by atoms with Crippen LogP contribution in [-0.2, 0) is 0 Å². The molecule has 0 saturated heterocycles. The van der Waals surface area contributed by atoms with Gasteiger partial charge in [0.05, 0.1) is 0 Å². The van der Waals surface area contributed by atoms with Crippen LogP contribution < -0.4 is 5.32 Å². The van der Waals surface area contributed by atoms with Gasteiger partial charge in [-0.1, -0.05) is 28.9 Å². The fourth-order valence-corrected chi connectivity index (χ4v) is 2.76. The maximum absolute atomic E-state index is 13.5. The lowest BCUT2D eigenvalue weighted by Gasteiger charge is -2.24. The summed E-state index contributed by atoms with van der Waals surface area (Å²) in [6, 6.07) is 10.8. The first-order valence-corrected chi connectivity index (χ1v) is 6.95. The van der Waals surface area contributed by atoms with Gasteiger partial charge in [0.15, 0.2) is 0 Å². The summed E-state index contributed by atoms with van der Waals surface area (Å²) in [4.78, 5) is 4.37. The van der Waals surface area contributed by atoms with Crippen molar-refractivity contribution < 1.29 is 4.39 Å². The average molecular weight is 323 g/mol. The Kier molecular flexibility index (Phi) is 4.66. The van der Waals surface area contributed by atoms with Crippen LogP contribution >= 0.6 is 15.9 Å². The first-order valence-electron chi connectivity index (χ1n) is 6.16. The first-order chi connectivity index (χ1) is 9.11. The van der Waals surface area contributed by atoms with Crippen molar-refractivity contribution in [3.05, 3.63) is 64.1 Å². The van der Waals surface area contributed by atoms with Gasteiger partial charge in [-0.15, -0.1) is 0 Å². The largest absolute Gasteiger partial charge is 0.312 e. The van der Waals surface area contributed by atoms with E-state index in [-0.39, 0.29) is 17.8 Å². The van der Waals surface area contributed by atoms with E-state index in [2.05, 4.69) is 33.2 Å². The van der Waals surface area contributed by atoms with Gasteiger partial charge in [-0.3, -0.25) is 4.98 Å². The van der Waals surface area contributed by atoms with Gasteiger partial charge in [0, 0.05) is 28.3 Å². The SMILES string of the molecule is CNC(c1cc(F)cc(Br)c1)C(C)c1ccccn1. The van der Waals surface area contributed by atoms with Crippen molar-refractivity contribution in [3.63, 3.8) is 0 Å². The molecular formula is C15H16BrFN2. The topological polar surface area (TPSA) is 24.9 Å². The molecule has 2 unspecified atom stereocenters. The Bertz CT molecular complexity index is 525. The van der Waals surface area contributed by atoms with Crippen LogP contribution in [0.25, 0.3) is 0 Å². The molecule has 1 N–H and O–H groups in total. The average Bonchev–Trinajstić information content (AvgIpc) is 2.39. The van der Waals surface area contributed by atoms with Crippen molar-refractivity contribution in [2.24, 2.45) is 0 Å². The number of likely N-dealkylation sites (N-methyl/N-ethyl adjacent to an activating group) is 1. The Balaban J connectivity index is 2.34. The minimum atomic E-state index is -0.238. The molecule has 0 bridgehead atoms. The van der Waals surface area contributed by atoms with Crippen LogP contribution in [0.2, 0.25) is 0 Å². The number of nitrogens with zero attached hydrogens (tertiary/aromatic N) is 1. The minimum absolute atomic E-state index is 0.0156. The molecule has 100 valence electrons. The molecule has 1 aromatic carbocycles. The van der Waals surface area contributed by atoms with Crippen molar-refractivity contribution in [2.45, 2.75) is 18.9 Å². The summed E-state index contributed by atoms with van der Waals surface area (Å²) in [5.74, 6) is -0.0854. The van der Waals surface area contributed by atoms with Crippen LogP contribution in [0.3, 0.4) is 0 Å². The van der Waals surface area contributed by atoms with Gasteiger partial charge in [-0.05, 0) is 42.9 Å². The van der Waals surface area contributed by atoms with E-state index in [9.17, 15) is 4.39 Å². The summed E-state index contributed by atoms with van der Waals surface area (Å²) >= 11 is 3.33. The van der Waals surface area contributed by atoms with Gasteiger partial charge >= 0.3 is 0 Å². The number of rotatable bonds is 4. The lowest BCUT2D eigenvalue weighted by molar-refractivity contribution is 0.495. The molecule has 0 aliphatic carbocycles. The second kappa shape index (κ2) is 6.26. The van der Waals surface area contributed by atoms with Gasteiger partial charge in [-0.25, -0.2) is 4.39 Å². The normalized spacial score (nSPS) is 14.1. The second-order valence-corrected chi connectivity index (χ2v) is 5.43. The third-order valence-electron chi connectivity index (χ3n) is 3.21. The lowest BCUT2D eigenvalue weighted by Crippen LogP contribution is -2.23. The molecular weight excluding hydrogens is 307 g/mol. The van der Waals surface area contributed by atoms with Gasteiger partial charge in [-0.2, -0.15) is 0 Å². The molecule has 0 aliphatic rings. The lowest BCUT2D eigenvalue weighted by atomic mass is 9.91. The van der Waals surface area contributed by atoms with E-state index in [0.717, 1.165) is 15.7 Å². The summed E-state index contributed by atoms with van der Waals surface area (Å²) in [6.07, 6.45) is 1.78. The predicted octanol–water partition coefficient (Wildman–Crippen LogP) is 4.05. The minimum Gasteiger partial charge on any atom is -0.312 e. The first kappa shape index (κ1) is 14.2. The van der Waals surface area contributed by atoms with Gasteiger partial charge in [0.1, 0.15) is 5.82 Å². The van der Waals surface area contributed by atoms with Crippen LogP contribution in [0.15, 0.2) is 47.1 Å². The summed E-state index contributed by atoms with van der Waals surface area (Å²) in [7, 11) is 1.88. The highest BCUT2D eigenvalue weighted by Gasteiger charge is 2.21. The van der Waals surface area contributed by atoms with E-state index in [1.54, 1.807) is 12.3 Å². The van der Waals surface area contributed by atoms with E-state index in [0.29, 0.717) is 0 Å². The summed E-state index contributed by atoms with van der Waals surface area (Å²) in [6.45, 7) is 2.09. The van der Waals surface area contributed by atoms with E-state index >= 15 is 0 Å². The molecule has 19 heavy (non-hydrogen) atoms. The summed E-state index contributed by atoms with van der Waals surface area (Å²) < 4.78 is 14.3. The highest BCUT2D eigenvalue weighted by Crippen LogP contribution is 2.31. The second-order valence-electron chi connectivity index (χ2n) is 4.51.